The van der Waals surface area contributed by atoms with Crippen LogP contribution in [0.3, 0.4) is 0 Å². The van der Waals surface area contributed by atoms with Crippen molar-refractivity contribution in [2.24, 2.45) is 0 Å². The van der Waals surface area contributed by atoms with E-state index in [9.17, 15) is 13.2 Å². The molecule has 0 aliphatic rings. The molecule has 1 atom stereocenters. The van der Waals surface area contributed by atoms with Crippen LogP contribution in [0, 0.1) is 6.92 Å². The van der Waals surface area contributed by atoms with E-state index in [4.69, 9.17) is 21.1 Å². The van der Waals surface area contributed by atoms with Crippen LogP contribution in [-0.2, 0) is 14.8 Å². The third-order valence-electron chi connectivity index (χ3n) is 5.67. The molecule has 0 aromatic heterocycles. The Hall–Kier alpha value is -2.45. The molecule has 0 fully saturated rings. The van der Waals surface area contributed by atoms with Gasteiger partial charge in [0.05, 0.1) is 37.2 Å². The van der Waals surface area contributed by atoms with E-state index in [-0.39, 0.29) is 30.8 Å². The van der Waals surface area contributed by atoms with Gasteiger partial charge in [0.1, 0.15) is 11.5 Å². The van der Waals surface area contributed by atoms with Gasteiger partial charge in [0.2, 0.25) is 15.9 Å². The number of methoxy groups -OCH3 is 2. The molecule has 0 radical (unpaired) electrons. The van der Waals surface area contributed by atoms with Gasteiger partial charge in [-0.1, -0.05) is 25.4 Å². The minimum Gasteiger partial charge on any atom is -0.496 e. The number of nitrogens with zero attached hydrogens (tertiary/aromatic N) is 1. The molecule has 0 aliphatic heterocycles. The molecular formula is C25H35ClN2O5S. The second-order valence-corrected chi connectivity index (χ2v) is 11.0. The van der Waals surface area contributed by atoms with Crippen molar-refractivity contribution in [1.29, 1.82) is 0 Å². The maximum Gasteiger partial charge on any atom is 0.232 e. The summed E-state index contributed by atoms with van der Waals surface area (Å²) < 4.78 is 36.6. The minimum absolute atomic E-state index is 0.143. The van der Waals surface area contributed by atoms with E-state index in [1.165, 1.54) is 11.4 Å². The zero-order chi connectivity index (χ0) is 25.6. The molecule has 0 saturated heterocycles. The van der Waals surface area contributed by atoms with Crippen LogP contribution in [0.4, 0.5) is 5.69 Å². The van der Waals surface area contributed by atoms with Crippen molar-refractivity contribution < 1.29 is 22.7 Å². The first kappa shape index (κ1) is 27.8. The van der Waals surface area contributed by atoms with E-state index in [2.05, 4.69) is 25.2 Å². The van der Waals surface area contributed by atoms with Gasteiger partial charge < -0.3 is 14.8 Å². The number of carbonyl (C=O) groups excluding carboxylic acids is 1. The van der Waals surface area contributed by atoms with Gasteiger partial charge in [-0.3, -0.25) is 9.10 Å². The van der Waals surface area contributed by atoms with Crippen molar-refractivity contribution in [2.75, 3.05) is 31.3 Å². The molecule has 1 N–H and O–H groups in total. The summed E-state index contributed by atoms with van der Waals surface area (Å²) in [6, 6.07) is 8.68. The Labute approximate surface area is 208 Å². The van der Waals surface area contributed by atoms with Crippen molar-refractivity contribution >= 4 is 33.2 Å². The molecule has 2 aromatic carbocycles. The lowest BCUT2D eigenvalue weighted by atomic mass is 9.93. The van der Waals surface area contributed by atoms with E-state index in [1.54, 1.807) is 25.3 Å². The summed E-state index contributed by atoms with van der Waals surface area (Å²) in [6.45, 7) is 8.30. The lowest BCUT2D eigenvalue weighted by Gasteiger charge is -2.23. The average Bonchev–Trinajstić information content (AvgIpc) is 2.75. The van der Waals surface area contributed by atoms with Crippen LogP contribution in [-0.4, -0.2) is 41.3 Å². The quantitative estimate of drug-likeness (QED) is 0.448. The van der Waals surface area contributed by atoms with Gasteiger partial charge in [0.15, 0.2) is 0 Å². The van der Waals surface area contributed by atoms with E-state index < -0.39 is 10.0 Å². The smallest absolute Gasteiger partial charge is 0.232 e. The summed E-state index contributed by atoms with van der Waals surface area (Å²) in [7, 11) is -0.403. The standard InChI is InChI=1S/C25H35ClN2O5S/c1-16(2)20-15-21(17(3)13-24(20)33-6)18(4)27-25(29)9-8-12-28(34(7,30)31)19-10-11-23(32-5)22(26)14-19/h10-11,13-16,18H,8-9,12H2,1-7H3,(H,27,29). The van der Waals surface area contributed by atoms with Crippen molar-refractivity contribution in [2.45, 2.75) is 52.5 Å². The summed E-state index contributed by atoms with van der Waals surface area (Å²) >= 11 is 6.17. The summed E-state index contributed by atoms with van der Waals surface area (Å²) in [5.74, 6) is 1.44. The molecule has 9 heteroatoms. The zero-order valence-electron chi connectivity index (χ0n) is 20.9. The first-order valence-electron chi connectivity index (χ1n) is 11.2. The van der Waals surface area contributed by atoms with Gasteiger partial charge in [-0.05, 0) is 73.2 Å². The number of hydrogen-bond acceptors (Lipinski definition) is 5. The van der Waals surface area contributed by atoms with Crippen LogP contribution >= 0.6 is 11.6 Å². The molecule has 2 aromatic rings. The number of aryl methyl sites for hydroxylation is 1. The van der Waals surface area contributed by atoms with Gasteiger partial charge in [0, 0.05) is 13.0 Å². The highest BCUT2D eigenvalue weighted by atomic mass is 35.5. The number of benzene rings is 2. The van der Waals surface area contributed by atoms with Gasteiger partial charge in [-0.2, -0.15) is 0 Å². The van der Waals surface area contributed by atoms with E-state index in [0.717, 1.165) is 28.7 Å². The number of amides is 1. The first-order chi connectivity index (χ1) is 15.9. The monoisotopic (exact) mass is 510 g/mol. The Morgan fingerprint density at radius 2 is 1.71 bits per heavy atom. The molecular weight excluding hydrogens is 476 g/mol. The molecule has 0 aliphatic carbocycles. The number of anilines is 1. The topological polar surface area (TPSA) is 84.9 Å². The van der Waals surface area contributed by atoms with Crippen LogP contribution in [0.5, 0.6) is 11.5 Å². The van der Waals surface area contributed by atoms with E-state index in [1.807, 2.05) is 19.9 Å². The molecule has 34 heavy (non-hydrogen) atoms. The maximum absolute atomic E-state index is 12.6. The Bertz CT molecular complexity index is 1120. The molecule has 0 spiro atoms. The molecule has 2 rings (SSSR count). The van der Waals surface area contributed by atoms with Gasteiger partial charge in [-0.15, -0.1) is 0 Å². The predicted octanol–water partition coefficient (Wildman–Crippen LogP) is 5.21. The number of sulfonamides is 1. The van der Waals surface area contributed by atoms with Crippen molar-refractivity contribution in [3.63, 3.8) is 0 Å². The maximum atomic E-state index is 12.6. The van der Waals surface area contributed by atoms with Crippen LogP contribution in [0.25, 0.3) is 0 Å². The van der Waals surface area contributed by atoms with Crippen LogP contribution in [0.15, 0.2) is 30.3 Å². The second kappa shape index (κ2) is 11.8. The highest BCUT2D eigenvalue weighted by Crippen LogP contribution is 2.32. The third kappa shape index (κ3) is 7.03. The number of carbonyl (C=O) groups is 1. The summed E-state index contributed by atoms with van der Waals surface area (Å²) in [6.07, 6.45) is 1.67. The van der Waals surface area contributed by atoms with Gasteiger partial charge in [-0.25, -0.2) is 8.42 Å². The Balaban J connectivity index is 2.06. The van der Waals surface area contributed by atoms with Gasteiger partial charge in [0.25, 0.3) is 0 Å². The number of ether oxygens (including phenoxy) is 2. The molecule has 188 valence electrons. The SMILES string of the molecule is COc1ccc(N(CCCC(=O)NC(C)c2cc(C(C)C)c(OC)cc2C)S(C)(=O)=O)cc1Cl. The van der Waals surface area contributed by atoms with E-state index in [0.29, 0.717) is 22.9 Å². The Morgan fingerprint density at radius 3 is 2.24 bits per heavy atom. The van der Waals surface area contributed by atoms with Crippen molar-refractivity contribution in [1.82, 2.24) is 5.32 Å². The number of halogens is 1. The lowest BCUT2D eigenvalue weighted by Crippen LogP contribution is -2.32. The first-order valence-corrected chi connectivity index (χ1v) is 13.4. The molecule has 0 saturated carbocycles. The molecule has 0 heterocycles. The predicted molar refractivity (Wildman–Crippen MR) is 138 cm³/mol. The van der Waals surface area contributed by atoms with Gasteiger partial charge >= 0.3 is 0 Å². The number of hydrogen-bond donors (Lipinski definition) is 1. The Morgan fingerprint density at radius 1 is 1.06 bits per heavy atom. The van der Waals surface area contributed by atoms with Crippen molar-refractivity contribution in [3.05, 3.63) is 52.0 Å². The second-order valence-electron chi connectivity index (χ2n) is 8.65. The molecule has 7 nitrogen and oxygen atoms in total. The van der Waals surface area contributed by atoms with Crippen LogP contribution in [0.1, 0.15) is 62.3 Å². The highest BCUT2D eigenvalue weighted by molar-refractivity contribution is 7.92. The Kier molecular flexibility index (Phi) is 9.64. The minimum atomic E-state index is -3.55. The highest BCUT2D eigenvalue weighted by Gasteiger charge is 2.20. The lowest BCUT2D eigenvalue weighted by molar-refractivity contribution is -0.121. The zero-order valence-corrected chi connectivity index (χ0v) is 22.5. The normalized spacial score (nSPS) is 12.4. The fourth-order valence-electron chi connectivity index (χ4n) is 3.88. The summed E-state index contributed by atoms with van der Waals surface area (Å²) in [5, 5.41) is 3.35. The molecule has 1 unspecified atom stereocenters. The average molecular weight is 511 g/mol. The van der Waals surface area contributed by atoms with Crippen LogP contribution < -0.4 is 19.1 Å². The van der Waals surface area contributed by atoms with E-state index >= 15 is 0 Å². The fourth-order valence-corrected chi connectivity index (χ4v) is 5.09. The molecule has 0 bridgehead atoms. The molecule has 1 amide bonds. The fraction of sp³-hybridized carbons (Fsp3) is 0.480. The van der Waals surface area contributed by atoms with Crippen LogP contribution in [0.2, 0.25) is 5.02 Å². The summed E-state index contributed by atoms with van der Waals surface area (Å²) in [4.78, 5) is 12.6. The largest absolute Gasteiger partial charge is 0.496 e. The number of rotatable bonds is 11. The van der Waals surface area contributed by atoms with Crippen molar-refractivity contribution in [3.8, 4) is 11.5 Å². The third-order valence-corrected chi connectivity index (χ3v) is 7.16. The summed E-state index contributed by atoms with van der Waals surface area (Å²) in [5.41, 5.74) is 3.58. The number of nitrogens with one attached hydrogen (secondary N) is 1.